The monoisotopic (exact) mass is 271 g/mol. The van der Waals surface area contributed by atoms with E-state index in [-0.39, 0.29) is 5.60 Å². The summed E-state index contributed by atoms with van der Waals surface area (Å²) in [4.78, 5) is 0. The topological polar surface area (TPSA) is 39.7 Å². The van der Waals surface area contributed by atoms with Crippen LogP contribution in [0.25, 0.3) is 0 Å². The number of methoxy groups -OCH3 is 1. The fraction of sp³-hybridized carbons (Fsp3) is 1.00. The third kappa shape index (κ3) is 4.15. The third-order valence-corrected chi connectivity index (χ3v) is 4.50. The van der Waals surface area contributed by atoms with Gasteiger partial charge in [-0.1, -0.05) is 13.8 Å². The molecule has 2 saturated heterocycles. The lowest BCUT2D eigenvalue weighted by Crippen LogP contribution is -2.53. The van der Waals surface area contributed by atoms with Gasteiger partial charge in [-0.25, -0.2) is 0 Å². The molecule has 0 aromatic heterocycles. The molecule has 0 aromatic rings. The van der Waals surface area contributed by atoms with Gasteiger partial charge in [0.05, 0.1) is 12.2 Å². The molecule has 0 aromatic carbocycles. The van der Waals surface area contributed by atoms with Crippen LogP contribution in [-0.2, 0) is 14.2 Å². The number of rotatable bonds is 5. The molecule has 1 N–H and O–H groups in total. The van der Waals surface area contributed by atoms with E-state index in [9.17, 15) is 0 Å². The van der Waals surface area contributed by atoms with Gasteiger partial charge < -0.3 is 19.5 Å². The standard InChI is InChI=1S/C15H29NO3/c1-12(2)14(11-17-3)16-13-4-7-19-15(10-13)5-8-18-9-6-15/h12-14,16H,4-11H2,1-3H3. The van der Waals surface area contributed by atoms with Gasteiger partial charge in [-0.3, -0.25) is 0 Å². The van der Waals surface area contributed by atoms with Crippen molar-refractivity contribution in [3.63, 3.8) is 0 Å². The summed E-state index contributed by atoms with van der Waals surface area (Å²) in [5, 5.41) is 3.78. The van der Waals surface area contributed by atoms with E-state index >= 15 is 0 Å². The van der Waals surface area contributed by atoms with Gasteiger partial charge in [0.1, 0.15) is 0 Å². The van der Waals surface area contributed by atoms with E-state index in [2.05, 4.69) is 19.2 Å². The SMILES string of the molecule is COCC(NC1CCOC2(CCOCC2)C1)C(C)C. The first-order valence-corrected chi connectivity index (χ1v) is 7.62. The molecule has 2 aliphatic rings. The van der Waals surface area contributed by atoms with Crippen LogP contribution in [0.2, 0.25) is 0 Å². The fourth-order valence-corrected chi connectivity index (χ4v) is 3.18. The van der Waals surface area contributed by atoms with Gasteiger partial charge in [-0.15, -0.1) is 0 Å². The Morgan fingerprint density at radius 1 is 1.26 bits per heavy atom. The van der Waals surface area contributed by atoms with Gasteiger partial charge in [0.15, 0.2) is 0 Å². The number of hydrogen-bond donors (Lipinski definition) is 1. The zero-order valence-electron chi connectivity index (χ0n) is 12.6. The fourth-order valence-electron chi connectivity index (χ4n) is 3.18. The summed E-state index contributed by atoms with van der Waals surface area (Å²) in [6.07, 6.45) is 4.31. The van der Waals surface area contributed by atoms with Crippen LogP contribution in [0.5, 0.6) is 0 Å². The Morgan fingerprint density at radius 2 is 2.00 bits per heavy atom. The molecule has 4 heteroatoms. The van der Waals surface area contributed by atoms with Crippen LogP contribution >= 0.6 is 0 Å². The number of hydrogen-bond acceptors (Lipinski definition) is 4. The molecule has 2 rings (SSSR count). The molecule has 2 unspecified atom stereocenters. The lowest BCUT2D eigenvalue weighted by molar-refractivity contribution is -0.141. The lowest BCUT2D eigenvalue weighted by atomic mass is 9.83. The van der Waals surface area contributed by atoms with Crippen LogP contribution < -0.4 is 5.32 Å². The molecule has 0 radical (unpaired) electrons. The molecule has 1 spiro atoms. The maximum absolute atomic E-state index is 6.09. The van der Waals surface area contributed by atoms with Crippen molar-refractivity contribution in [1.82, 2.24) is 5.32 Å². The highest BCUT2D eigenvalue weighted by molar-refractivity contribution is 4.92. The Kier molecular flexibility index (Phi) is 5.63. The summed E-state index contributed by atoms with van der Waals surface area (Å²) >= 11 is 0. The summed E-state index contributed by atoms with van der Waals surface area (Å²) in [6.45, 7) is 7.85. The van der Waals surface area contributed by atoms with Gasteiger partial charge >= 0.3 is 0 Å². The molecule has 0 aliphatic carbocycles. The van der Waals surface area contributed by atoms with Crippen molar-refractivity contribution in [3.05, 3.63) is 0 Å². The molecule has 2 atom stereocenters. The Hall–Kier alpha value is -0.160. The van der Waals surface area contributed by atoms with Gasteiger partial charge in [0.25, 0.3) is 0 Å². The van der Waals surface area contributed by atoms with Crippen LogP contribution in [0.3, 0.4) is 0 Å². The molecule has 0 saturated carbocycles. The predicted molar refractivity (Wildman–Crippen MR) is 75.4 cm³/mol. The van der Waals surface area contributed by atoms with Crippen molar-refractivity contribution in [2.75, 3.05) is 33.5 Å². The van der Waals surface area contributed by atoms with E-state index in [1.165, 1.54) is 0 Å². The molecule has 4 nitrogen and oxygen atoms in total. The number of ether oxygens (including phenoxy) is 3. The molecule has 2 aliphatic heterocycles. The Balaban J connectivity index is 1.89. The quantitative estimate of drug-likeness (QED) is 0.830. The van der Waals surface area contributed by atoms with Crippen molar-refractivity contribution in [1.29, 1.82) is 0 Å². The van der Waals surface area contributed by atoms with Gasteiger partial charge in [-0.05, 0) is 31.6 Å². The first kappa shape index (κ1) is 15.2. The largest absolute Gasteiger partial charge is 0.383 e. The van der Waals surface area contributed by atoms with Crippen molar-refractivity contribution in [2.45, 2.75) is 57.2 Å². The highest BCUT2D eigenvalue weighted by atomic mass is 16.5. The first-order chi connectivity index (χ1) is 9.15. The Bertz CT molecular complexity index is 259. The van der Waals surface area contributed by atoms with Crippen molar-refractivity contribution < 1.29 is 14.2 Å². The first-order valence-electron chi connectivity index (χ1n) is 7.62. The average Bonchev–Trinajstić information content (AvgIpc) is 2.39. The van der Waals surface area contributed by atoms with E-state index in [0.717, 1.165) is 52.1 Å². The van der Waals surface area contributed by atoms with Crippen LogP contribution in [0.1, 0.15) is 39.5 Å². The maximum Gasteiger partial charge on any atom is 0.0741 e. The second kappa shape index (κ2) is 7.02. The summed E-state index contributed by atoms with van der Waals surface area (Å²) in [7, 11) is 1.78. The van der Waals surface area contributed by atoms with Gasteiger partial charge in [-0.2, -0.15) is 0 Å². The van der Waals surface area contributed by atoms with E-state index in [1.807, 2.05) is 0 Å². The molecule has 0 amide bonds. The minimum Gasteiger partial charge on any atom is -0.383 e. The molecular formula is C15H29NO3. The summed E-state index contributed by atoms with van der Waals surface area (Å²) in [5.74, 6) is 0.591. The van der Waals surface area contributed by atoms with Crippen molar-refractivity contribution >= 4 is 0 Å². The third-order valence-electron chi connectivity index (χ3n) is 4.50. The second-order valence-electron chi connectivity index (χ2n) is 6.31. The molecule has 112 valence electrons. The zero-order chi connectivity index (χ0) is 13.7. The molecule has 0 bridgehead atoms. The van der Waals surface area contributed by atoms with E-state index in [1.54, 1.807) is 7.11 Å². The highest BCUT2D eigenvalue weighted by Crippen LogP contribution is 2.34. The normalized spacial score (nSPS) is 28.7. The highest BCUT2D eigenvalue weighted by Gasteiger charge is 2.39. The molecular weight excluding hydrogens is 242 g/mol. The van der Waals surface area contributed by atoms with E-state index in [0.29, 0.717) is 18.0 Å². The molecule has 2 heterocycles. The van der Waals surface area contributed by atoms with Crippen LogP contribution in [0.15, 0.2) is 0 Å². The summed E-state index contributed by atoms with van der Waals surface area (Å²) < 4.78 is 16.9. The molecule has 19 heavy (non-hydrogen) atoms. The van der Waals surface area contributed by atoms with Gasteiger partial charge in [0.2, 0.25) is 0 Å². The van der Waals surface area contributed by atoms with Crippen LogP contribution in [0.4, 0.5) is 0 Å². The minimum atomic E-state index is 0.0722. The van der Waals surface area contributed by atoms with Crippen LogP contribution in [0, 0.1) is 5.92 Å². The van der Waals surface area contributed by atoms with Crippen molar-refractivity contribution in [2.24, 2.45) is 5.92 Å². The van der Waals surface area contributed by atoms with Crippen molar-refractivity contribution in [3.8, 4) is 0 Å². The molecule has 2 fully saturated rings. The average molecular weight is 271 g/mol. The van der Waals surface area contributed by atoms with Gasteiger partial charge in [0, 0.05) is 39.0 Å². The summed E-state index contributed by atoms with van der Waals surface area (Å²) in [6, 6.07) is 0.986. The van der Waals surface area contributed by atoms with Crippen LogP contribution in [-0.4, -0.2) is 51.2 Å². The zero-order valence-corrected chi connectivity index (χ0v) is 12.6. The predicted octanol–water partition coefficient (Wildman–Crippen LogP) is 1.98. The Labute approximate surface area is 117 Å². The minimum absolute atomic E-state index is 0.0722. The maximum atomic E-state index is 6.09. The lowest BCUT2D eigenvalue weighted by Gasteiger charge is -2.44. The second-order valence-corrected chi connectivity index (χ2v) is 6.31. The Morgan fingerprint density at radius 3 is 2.63 bits per heavy atom. The van der Waals surface area contributed by atoms with E-state index in [4.69, 9.17) is 14.2 Å². The summed E-state index contributed by atoms with van der Waals surface area (Å²) in [5.41, 5.74) is 0.0722. The van der Waals surface area contributed by atoms with E-state index < -0.39 is 0 Å². The smallest absolute Gasteiger partial charge is 0.0741 e. The number of nitrogens with one attached hydrogen (secondary N) is 1.